The van der Waals surface area contributed by atoms with Gasteiger partial charge in [-0.1, -0.05) is 15.9 Å². The van der Waals surface area contributed by atoms with Crippen LogP contribution in [-0.2, 0) is 0 Å². The highest BCUT2D eigenvalue weighted by Crippen LogP contribution is 2.29. The Morgan fingerprint density at radius 1 is 1.40 bits per heavy atom. The van der Waals surface area contributed by atoms with Gasteiger partial charge in [-0.3, -0.25) is 10.1 Å². The number of nitro benzene ring substituents is 1. The summed E-state index contributed by atoms with van der Waals surface area (Å²) in [6, 6.07) is 7.58. The number of hydrogen-bond donors (Lipinski definition) is 1. The third-order valence-corrected chi connectivity index (χ3v) is 2.99. The van der Waals surface area contributed by atoms with Crippen molar-refractivity contribution in [2.75, 3.05) is 0 Å². The fourth-order valence-corrected chi connectivity index (χ4v) is 1.99. The third kappa shape index (κ3) is 3.52. The van der Waals surface area contributed by atoms with Crippen molar-refractivity contribution in [3.05, 3.63) is 56.7 Å². The van der Waals surface area contributed by atoms with Crippen molar-refractivity contribution < 1.29 is 14.8 Å². The Labute approximate surface area is 123 Å². The number of non-ortho nitro benzene ring substituents is 1. The maximum Gasteiger partial charge on any atom is 0.274 e. The number of pyridine rings is 1. The Morgan fingerprint density at radius 3 is 2.70 bits per heavy atom. The number of hydrogen-bond acceptors (Lipinski definition) is 5. The summed E-state index contributed by atoms with van der Waals surface area (Å²) in [5.74, 6) is 0.602. The molecule has 20 heavy (non-hydrogen) atoms. The van der Waals surface area contributed by atoms with Crippen LogP contribution in [0.3, 0.4) is 0 Å². The van der Waals surface area contributed by atoms with E-state index < -0.39 is 11.0 Å². The second kappa shape index (κ2) is 5.98. The van der Waals surface area contributed by atoms with Crippen molar-refractivity contribution in [2.45, 2.75) is 13.0 Å². The van der Waals surface area contributed by atoms with Gasteiger partial charge < -0.3 is 9.84 Å². The van der Waals surface area contributed by atoms with Crippen LogP contribution in [0.5, 0.6) is 11.6 Å². The number of nitrogens with zero attached hydrogens (tertiary/aromatic N) is 2. The number of halogens is 1. The molecule has 1 N–H and O–H groups in total. The molecular formula is C13H11BrN2O4. The van der Waals surface area contributed by atoms with E-state index >= 15 is 0 Å². The number of benzene rings is 1. The van der Waals surface area contributed by atoms with Gasteiger partial charge in [0.05, 0.1) is 17.1 Å². The Morgan fingerprint density at radius 2 is 2.15 bits per heavy atom. The average Bonchev–Trinajstić information content (AvgIpc) is 2.38. The Kier molecular flexibility index (Phi) is 4.31. The quantitative estimate of drug-likeness (QED) is 0.679. The number of nitro groups is 1. The van der Waals surface area contributed by atoms with Crippen LogP contribution in [0, 0.1) is 10.1 Å². The van der Waals surface area contributed by atoms with Crippen LogP contribution in [0.25, 0.3) is 0 Å². The van der Waals surface area contributed by atoms with E-state index in [0.717, 1.165) is 0 Å². The molecular weight excluding hydrogens is 328 g/mol. The van der Waals surface area contributed by atoms with Crippen molar-refractivity contribution in [3.63, 3.8) is 0 Å². The van der Waals surface area contributed by atoms with Crippen molar-refractivity contribution in [3.8, 4) is 11.6 Å². The Balaban J connectivity index is 2.23. The van der Waals surface area contributed by atoms with E-state index in [9.17, 15) is 15.2 Å². The molecule has 0 saturated carbocycles. The molecule has 7 heteroatoms. The molecule has 0 aliphatic carbocycles. The van der Waals surface area contributed by atoms with Gasteiger partial charge in [-0.25, -0.2) is 4.98 Å². The minimum Gasteiger partial charge on any atom is -0.439 e. The highest BCUT2D eigenvalue weighted by molar-refractivity contribution is 9.10. The molecule has 2 rings (SSSR count). The zero-order valence-corrected chi connectivity index (χ0v) is 12.1. The predicted octanol–water partition coefficient (Wildman–Crippen LogP) is 3.60. The van der Waals surface area contributed by atoms with Crippen molar-refractivity contribution in [1.82, 2.24) is 4.98 Å². The van der Waals surface area contributed by atoms with Crippen molar-refractivity contribution in [1.29, 1.82) is 0 Å². The number of aliphatic hydroxyl groups is 1. The molecule has 0 saturated heterocycles. The zero-order chi connectivity index (χ0) is 14.7. The van der Waals surface area contributed by atoms with Crippen LogP contribution < -0.4 is 4.74 Å². The SMILES string of the molecule is C[C@@H](O)c1ccc(Oc2cc(Br)cc([N+](=O)[O-])c2)nc1. The second-order valence-electron chi connectivity index (χ2n) is 4.11. The van der Waals surface area contributed by atoms with Crippen LogP contribution in [0.15, 0.2) is 41.0 Å². The van der Waals surface area contributed by atoms with Gasteiger partial charge in [0, 0.05) is 22.8 Å². The summed E-state index contributed by atoms with van der Waals surface area (Å²) < 4.78 is 6.00. The molecule has 1 aromatic carbocycles. The molecule has 0 bridgehead atoms. The van der Waals surface area contributed by atoms with Crippen molar-refractivity contribution in [2.24, 2.45) is 0 Å². The van der Waals surface area contributed by atoms with E-state index in [0.29, 0.717) is 21.7 Å². The van der Waals surface area contributed by atoms with E-state index in [4.69, 9.17) is 4.74 Å². The molecule has 0 unspecified atom stereocenters. The maximum atomic E-state index is 10.8. The molecule has 0 spiro atoms. The molecule has 0 aliphatic heterocycles. The van der Waals surface area contributed by atoms with E-state index in [1.165, 1.54) is 18.3 Å². The number of rotatable bonds is 4. The van der Waals surface area contributed by atoms with Crippen molar-refractivity contribution >= 4 is 21.6 Å². The number of aliphatic hydroxyl groups excluding tert-OH is 1. The minimum atomic E-state index is -0.608. The summed E-state index contributed by atoms with van der Waals surface area (Å²) in [5, 5.41) is 20.1. The first kappa shape index (κ1) is 14.4. The largest absolute Gasteiger partial charge is 0.439 e. The molecule has 0 amide bonds. The molecule has 0 radical (unpaired) electrons. The maximum absolute atomic E-state index is 10.8. The summed E-state index contributed by atoms with van der Waals surface area (Å²) in [7, 11) is 0. The van der Waals surface area contributed by atoms with Crippen LogP contribution >= 0.6 is 15.9 Å². The molecule has 2 aromatic rings. The second-order valence-corrected chi connectivity index (χ2v) is 5.03. The van der Waals surface area contributed by atoms with Gasteiger partial charge in [-0.05, 0) is 24.6 Å². The predicted molar refractivity (Wildman–Crippen MR) is 75.7 cm³/mol. The summed E-state index contributed by atoms with van der Waals surface area (Å²) in [6.07, 6.45) is 0.885. The summed E-state index contributed by atoms with van der Waals surface area (Å²) in [6.45, 7) is 1.63. The molecule has 1 aromatic heterocycles. The van der Waals surface area contributed by atoms with Gasteiger partial charge in [-0.15, -0.1) is 0 Å². The fraction of sp³-hybridized carbons (Fsp3) is 0.154. The van der Waals surface area contributed by atoms with E-state index in [-0.39, 0.29) is 5.69 Å². The van der Waals surface area contributed by atoms with E-state index in [1.807, 2.05) is 0 Å². The molecule has 0 aliphatic rings. The topological polar surface area (TPSA) is 85.5 Å². The molecule has 6 nitrogen and oxygen atoms in total. The van der Waals surface area contributed by atoms with Crippen LogP contribution in [0.4, 0.5) is 5.69 Å². The Hall–Kier alpha value is -1.99. The molecule has 104 valence electrons. The third-order valence-electron chi connectivity index (χ3n) is 2.53. The average molecular weight is 339 g/mol. The van der Waals surface area contributed by atoms with Crippen LogP contribution in [0.2, 0.25) is 0 Å². The molecule has 1 atom stereocenters. The van der Waals surface area contributed by atoms with E-state index in [2.05, 4.69) is 20.9 Å². The first-order chi connectivity index (χ1) is 9.45. The highest BCUT2D eigenvalue weighted by atomic mass is 79.9. The Bertz CT molecular complexity index is 629. The fourth-order valence-electron chi connectivity index (χ4n) is 1.53. The molecule has 1 heterocycles. The number of ether oxygens (including phenoxy) is 1. The standard InChI is InChI=1S/C13H11BrN2O4/c1-8(17)9-2-3-13(15-7-9)20-12-5-10(14)4-11(6-12)16(18)19/h2-8,17H,1H3/t8-/m1/s1. The summed E-state index contributed by atoms with van der Waals surface area (Å²) >= 11 is 3.19. The summed E-state index contributed by atoms with van der Waals surface area (Å²) in [4.78, 5) is 14.3. The smallest absolute Gasteiger partial charge is 0.274 e. The van der Waals surface area contributed by atoms with Gasteiger partial charge in [0.1, 0.15) is 5.75 Å². The minimum absolute atomic E-state index is 0.0741. The first-order valence-electron chi connectivity index (χ1n) is 5.72. The van der Waals surface area contributed by atoms with Crippen LogP contribution in [0.1, 0.15) is 18.6 Å². The van der Waals surface area contributed by atoms with Crippen LogP contribution in [-0.4, -0.2) is 15.0 Å². The molecule has 0 fully saturated rings. The monoisotopic (exact) mass is 338 g/mol. The first-order valence-corrected chi connectivity index (χ1v) is 6.52. The van der Waals surface area contributed by atoms with Gasteiger partial charge >= 0.3 is 0 Å². The normalized spacial score (nSPS) is 11.9. The van der Waals surface area contributed by atoms with Gasteiger partial charge in [0.2, 0.25) is 5.88 Å². The lowest BCUT2D eigenvalue weighted by molar-refractivity contribution is -0.385. The lowest BCUT2D eigenvalue weighted by Gasteiger charge is -2.07. The lowest BCUT2D eigenvalue weighted by Crippen LogP contribution is -1.94. The van der Waals surface area contributed by atoms with Gasteiger partial charge in [0.25, 0.3) is 5.69 Å². The number of aromatic nitrogens is 1. The summed E-state index contributed by atoms with van der Waals surface area (Å²) in [5.41, 5.74) is 0.590. The van der Waals surface area contributed by atoms with Gasteiger partial charge in [0.15, 0.2) is 0 Å². The lowest BCUT2D eigenvalue weighted by atomic mass is 10.2. The van der Waals surface area contributed by atoms with E-state index in [1.54, 1.807) is 25.1 Å². The highest BCUT2D eigenvalue weighted by Gasteiger charge is 2.11. The zero-order valence-electron chi connectivity index (χ0n) is 10.5. The van der Waals surface area contributed by atoms with Gasteiger partial charge in [-0.2, -0.15) is 0 Å².